The fourth-order valence-corrected chi connectivity index (χ4v) is 2.34. The molecule has 0 spiro atoms. The average molecular weight is 425 g/mol. The summed E-state index contributed by atoms with van der Waals surface area (Å²) in [5.41, 5.74) is -1.53. The molecule has 9 heteroatoms. The van der Waals surface area contributed by atoms with Crippen molar-refractivity contribution in [1.29, 1.82) is 0 Å². The van der Waals surface area contributed by atoms with Gasteiger partial charge in [0.2, 0.25) is 0 Å². The Morgan fingerprint density at radius 2 is 1.80 bits per heavy atom. The van der Waals surface area contributed by atoms with E-state index >= 15 is 0 Å². The van der Waals surface area contributed by atoms with E-state index in [4.69, 9.17) is 4.74 Å². The van der Waals surface area contributed by atoms with Crippen molar-refractivity contribution < 1.29 is 37.3 Å². The van der Waals surface area contributed by atoms with Gasteiger partial charge in [-0.1, -0.05) is 43.7 Å². The number of unbranched alkanes of at least 4 members (excludes halogenated alkanes) is 1. The number of aliphatic hydroxyl groups is 2. The number of aliphatic hydroxyl groups excluding tert-OH is 2. The second-order valence-electron chi connectivity index (χ2n) is 6.16. The summed E-state index contributed by atoms with van der Waals surface area (Å²) < 4.78 is 59.3. The van der Waals surface area contributed by atoms with Gasteiger partial charge in [0.25, 0.3) is 0 Å². The summed E-state index contributed by atoms with van der Waals surface area (Å²) in [5.74, 6) is -10.3. The van der Waals surface area contributed by atoms with Crippen LogP contribution < -0.4 is 0 Å². The topological polar surface area (TPSA) is 79.1 Å². The summed E-state index contributed by atoms with van der Waals surface area (Å²) in [6.07, 6.45) is 0.406. The van der Waals surface area contributed by atoms with Crippen LogP contribution in [0.1, 0.15) is 37.1 Å². The molecule has 2 rings (SSSR count). The summed E-state index contributed by atoms with van der Waals surface area (Å²) in [6.45, 7) is 1.79. The molecule has 2 N–H and O–H groups in total. The number of nitrogens with zero attached hydrogens (tertiary/aromatic N) is 1. The van der Waals surface area contributed by atoms with Crippen molar-refractivity contribution in [2.75, 3.05) is 6.61 Å². The highest BCUT2D eigenvalue weighted by Crippen LogP contribution is 2.26. The predicted octanol–water partition coefficient (Wildman–Crippen LogP) is 4.62. The van der Waals surface area contributed by atoms with E-state index in [0.29, 0.717) is 24.6 Å². The Bertz CT molecular complexity index is 961. The Kier molecular flexibility index (Phi) is 8.11. The zero-order valence-corrected chi connectivity index (χ0v) is 15.9. The van der Waals surface area contributed by atoms with Crippen LogP contribution in [0.3, 0.4) is 0 Å². The minimum absolute atomic E-state index is 0.0458. The largest absolute Gasteiger partial charge is 0.506 e. The molecular weight excluding hydrogens is 406 g/mol. The number of carbonyl (C=O) groups excluding carboxylic acids is 1. The van der Waals surface area contributed by atoms with Gasteiger partial charge >= 0.3 is 5.97 Å². The number of hydrogen-bond donors (Lipinski definition) is 2. The molecule has 0 aliphatic carbocycles. The number of benzene rings is 2. The molecule has 2 aromatic carbocycles. The highest BCUT2D eigenvalue weighted by Gasteiger charge is 2.25. The van der Waals surface area contributed by atoms with Gasteiger partial charge in [-0.15, -0.1) is 0 Å². The van der Waals surface area contributed by atoms with E-state index in [9.17, 15) is 32.6 Å². The lowest BCUT2D eigenvalue weighted by atomic mass is 10.1. The van der Waals surface area contributed by atoms with Crippen LogP contribution in [0.15, 0.2) is 47.0 Å². The minimum atomic E-state index is -2.16. The molecule has 1 unspecified atom stereocenters. The SMILES string of the molecule is CCCCOC(=O)C(/C=N/C(O)c1ccccc1)=C(/O)c1cc(F)c(F)c(F)c1F. The number of carbonyl (C=O) groups is 1. The minimum Gasteiger partial charge on any atom is -0.506 e. The summed E-state index contributed by atoms with van der Waals surface area (Å²) in [4.78, 5) is 16.0. The molecule has 0 fully saturated rings. The van der Waals surface area contributed by atoms with Gasteiger partial charge in [-0.25, -0.2) is 22.4 Å². The Morgan fingerprint density at radius 1 is 1.13 bits per heavy atom. The van der Waals surface area contributed by atoms with Crippen molar-refractivity contribution in [3.05, 3.63) is 76.4 Å². The van der Waals surface area contributed by atoms with Crippen LogP contribution in [0, 0.1) is 23.3 Å². The second-order valence-corrected chi connectivity index (χ2v) is 6.16. The quantitative estimate of drug-likeness (QED) is 0.0946. The van der Waals surface area contributed by atoms with Crippen LogP contribution in [0.25, 0.3) is 5.76 Å². The van der Waals surface area contributed by atoms with E-state index in [-0.39, 0.29) is 12.7 Å². The van der Waals surface area contributed by atoms with Crippen LogP contribution in [0.4, 0.5) is 17.6 Å². The maximum absolute atomic E-state index is 14.1. The third-order valence-electron chi connectivity index (χ3n) is 4.01. The summed E-state index contributed by atoms with van der Waals surface area (Å²) in [5, 5.41) is 20.4. The Balaban J connectivity index is 2.49. The van der Waals surface area contributed by atoms with Crippen LogP contribution in [0.5, 0.6) is 0 Å². The third-order valence-corrected chi connectivity index (χ3v) is 4.01. The Hall–Kier alpha value is -3.20. The molecule has 0 aliphatic heterocycles. The van der Waals surface area contributed by atoms with Crippen molar-refractivity contribution in [3.8, 4) is 0 Å². The van der Waals surface area contributed by atoms with E-state index in [2.05, 4.69) is 4.99 Å². The van der Waals surface area contributed by atoms with Gasteiger partial charge in [0.1, 0.15) is 11.3 Å². The maximum Gasteiger partial charge on any atom is 0.343 e. The highest BCUT2D eigenvalue weighted by atomic mass is 19.2. The molecule has 2 aromatic rings. The van der Waals surface area contributed by atoms with Gasteiger partial charge in [0.05, 0.1) is 12.2 Å². The first-order chi connectivity index (χ1) is 14.3. The number of esters is 1. The van der Waals surface area contributed by atoms with Crippen LogP contribution >= 0.6 is 0 Å². The standard InChI is InChI=1S/C21H19F4NO4/c1-2-3-9-30-21(29)14(11-26-20(28)12-7-5-4-6-8-12)19(27)13-10-15(22)17(24)18(25)16(13)23/h4-8,10-11,20,27-28H,2-3,9H2,1H3/b19-14+,26-11+. The number of rotatable bonds is 8. The highest BCUT2D eigenvalue weighted by molar-refractivity contribution is 6.15. The van der Waals surface area contributed by atoms with Crippen molar-refractivity contribution in [2.45, 2.75) is 26.0 Å². The summed E-state index contributed by atoms with van der Waals surface area (Å²) in [6, 6.07) is 8.22. The van der Waals surface area contributed by atoms with Gasteiger partial charge in [-0.2, -0.15) is 0 Å². The molecule has 0 aromatic heterocycles. The first-order valence-corrected chi connectivity index (χ1v) is 8.97. The molecule has 0 heterocycles. The van der Waals surface area contributed by atoms with Crippen LogP contribution in [-0.2, 0) is 9.53 Å². The van der Waals surface area contributed by atoms with Gasteiger partial charge in [-0.3, -0.25) is 4.99 Å². The predicted molar refractivity (Wildman–Crippen MR) is 102 cm³/mol. The normalized spacial score (nSPS) is 13.3. The van der Waals surface area contributed by atoms with E-state index in [1.165, 1.54) is 12.1 Å². The van der Waals surface area contributed by atoms with Gasteiger partial charge in [0.15, 0.2) is 29.5 Å². The molecule has 5 nitrogen and oxygen atoms in total. The molecule has 0 aliphatic rings. The maximum atomic E-state index is 14.1. The molecule has 30 heavy (non-hydrogen) atoms. The number of hydrogen-bond acceptors (Lipinski definition) is 5. The second kappa shape index (κ2) is 10.5. The average Bonchev–Trinajstić information content (AvgIpc) is 2.75. The van der Waals surface area contributed by atoms with Crippen molar-refractivity contribution in [2.24, 2.45) is 4.99 Å². The summed E-state index contributed by atoms with van der Waals surface area (Å²) >= 11 is 0. The molecule has 0 bridgehead atoms. The van der Waals surface area contributed by atoms with E-state index in [1.54, 1.807) is 18.2 Å². The Morgan fingerprint density at radius 3 is 2.43 bits per heavy atom. The molecule has 0 saturated carbocycles. The van der Waals surface area contributed by atoms with Crippen molar-refractivity contribution in [1.82, 2.24) is 0 Å². The fourth-order valence-electron chi connectivity index (χ4n) is 2.34. The van der Waals surface area contributed by atoms with Crippen molar-refractivity contribution >= 4 is 17.9 Å². The molecule has 0 saturated heterocycles. The molecule has 0 amide bonds. The zero-order chi connectivity index (χ0) is 22.3. The molecule has 0 radical (unpaired) electrons. The lowest BCUT2D eigenvalue weighted by molar-refractivity contribution is -0.138. The smallest absolute Gasteiger partial charge is 0.343 e. The van der Waals surface area contributed by atoms with Crippen LogP contribution in [-0.4, -0.2) is 29.0 Å². The van der Waals surface area contributed by atoms with Gasteiger partial charge in [0, 0.05) is 11.8 Å². The fraction of sp³-hybridized carbons (Fsp3) is 0.238. The first-order valence-electron chi connectivity index (χ1n) is 8.97. The monoisotopic (exact) mass is 425 g/mol. The first kappa shape index (κ1) is 23.1. The zero-order valence-electron chi connectivity index (χ0n) is 15.9. The number of halogens is 4. The molecule has 1 atom stereocenters. The molecule has 160 valence electrons. The lowest BCUT2D eigenvalue weighted by Crippen LogP contribution is -2.14. The van der Waals surface area contributed by atoms with E-state index in [1.807, 2.05) is 6.92 Å². The van der Waals surface area contributed by atoms with E-state index < -0.39 is 52.4 Å². The van der Waals surface area contributed by atoms with Gasteiger partial charge in [-0.05, 0) is 12.5 Å². The lowest BCUT2D eigenvalue weighted by Gasteiger charge is -2.11. The Labute approximate surface area is 170 Å². The van der Waals surface area contributed by atoms with Crippen molar-refractivity contribution in [3.63, 3.8) is 0 Å². The van der Waals surface area contributed by atoms with Gasteiger partial charge < -0.3 is 14.9 Å². The van der Waals surface area contributed by atoms with E-state index in [0.717, 1.165) is 0 Å². The number of ether oxygens (including phenoxy) is 1. The number of aliphatic imine (C=N–C) groups is 1. The third kappa shape index (κ3) is 5.44. The summed E-state index contributed by atoms with van der Waals surface area (Å²) in [7, 11) is 0. The molecular formula is C21H19F4NO4. The van der Waals surface area contributed by atoms with Crippen LogP contribution in [0.2, 0.25) is 0 Å².